The number of methoxy groups -OCH3 is 1. The fourth-order valence-corrected chi connectivity index (χ4v) is 1.57. The summed E-state index contributed by atoms with van der Waals surface area (Å²) < 4.78 is 4.82. The lowest BCUT2D eigenvalue weighted by molar-refractivity contribution is 0.0597. The van der Waals surface area contributed by atoms with Gasteiger partial charge in [-0.3, -0.25) is 0 Å². The van der Waals surface area contributed by atoms with E-state index in [9.17, 15) is 9.90 Å². The van der Waals surface area contributed by atoms with Crippen LogP contribution in [0, 0.1) is 6.92 Å². The van der Waals surface area contributed by atoms with Crippen LogP contribution >= 0.6 is 15.9 Å². The lowest BCUT2D eigenvalue weighted by Gasteiger charge is -2.09. The molecule has 0 aliphatic heterocycles. The van der Waals surface area contributed by atoms with Crippen LogP contribution < -0.4 is 5.73 Å². The molecule has 14 heavy (non-hydrogen) atoms. The summed E-state index contributed by atoms with van der Waals surface area (Å²) >= 11 is 3.10. The van der Waals surface area contributed by atoms with Crippen molar-refractivity contribution in [3.63, 3.8) is 0 Å². The molecular weight excluding hydrogens is 250 g/mol. The SMILES string of the molecule is COC(=O)c1cc(C)c(N)c(Br)c1O. The average molecular weight is 260 g/mol. The summed E-state index contributed by atoms with van der Waals surface area (Å²) in [6.45, 7) is 1.74. The number of halogens is 1. The molecule has 0 bridgehead atoms. The number of nitrogens with two attached hydrogens (primary N) is 1. The highest BCUT2D eigenvalue weighted by molar-refractivity contribution is 9.10. The summed E-state index contributed by atoms with van der Waals surface area (Å²) in [5.41, 5.74) is 6.85. The molecule has 1 aromatic rings. The summed E-state index contributed by atoms with van der Waals surface area (Å²) in [5.74, 6) is -0.786. The summed E-state index contributed by atoms with van der Waals surface area (Å²) in [5, 5.41) is 9.58. The number of nitrogen functional groups attached to an aromatic ring is 1. The van der Waals surface area contributed by atoms with Crippen molar-refractivity contribution < 1.29 is 14.6 Å². The van der Waals surface area contributed by atoms with Crippen molar-refractivity contribution in [2.45, 2.75) is 6.92 Å². The Bertz CT molecular complexity index is 390. The van der Waals surface area contributed by atoms with E-state index in [2.05, 4.69) is 20.7 Å². The van der Waals surface area contributed by atoms with Crippen LogP contribution in [-0.2, 0) is 4.74 Å². The van der Waals surface area contributed by atoms with Gasteiger partial charge in [0.2, 0.25) is 0 Å². The Morgan fingerprint density at radius 1 is 1.64 bits per heavy atom. The number of phenolic OH excluding ortho intramolecular Hbond substituents is 1. The summed E-state index contributed by atoms with van der Waals surface area (Å²) in [7, 11) is 1.25. The van der Waals surface area contributed by atoms with Gasteiger partial charge in [0.15, 0.2) is 0 Å². The van der Waals surface area contributed by atoms with E-state index < -0.39 is 5.97 Å². The van der Waals surface area contributed by atoms with E-state index in [1.54, 1.807) is 6.92 Å². The third-order valence-corrected chi connectivity index (χ3v) is 2.69. The van der Waals surface area contributed by atoms with Crippen molar-refractivity contribution >= 4 is 27.6 Å². The second-order valence-electron chi connectivity index (χ2n) is 2.81. The van der Waals surface area contributed by atoms with Gasteiger partial charge in [0, 0.05) is 0 Å². The molecule has 0 aliphatic carbocycles. The first kappa shape index (κ1) is 10.8. The van der Waals surface area contributed by atoms with Crippen LogP contribution in [0.1, 0.15) is 15.9 Å². The van der Waals surface area contributed by atoms with Gasteiger partial charge in [0.25, 0.3) is 0 Å². The van der Waals surface area contributed by atoms with Gasteiger partial charge in [-0.2, -0.15) is 0 Å². The molecule has 0 heterocycles. The fraction of sp³-hybridized carbons (Fsp3) is 0.222. The second kappa shape index (κ2) is 3.88. The molecular formula is C9H10BrNO3. The monoisotopic (exact) mass is 259 g/mol. The molecule has 0 saturated carbocycles. The largest absolute Gasteiger partial charge is 0.506 e. The summed E-state index contributed by atoms with van der Waals surface area (Å²) in [4.78, 5) is 11.2. The van der Waals surface area contributed by atoms with Crippen LogP contribution in [0.2, 0.25) is 0 Å². The predicted octanol–water partition coefficient (Wildman–Crippen LogP) is 1.83. The van der Waals surface area contributed by atoms with E-state index >= 15 is 0 Å². The minimum absolute atomic E-state index is 0.103. The standard InChI is InChI=1S/C9H10BrNO3/c1-4-3-5(9(13)14-2)8(12)6(10)7(4)11/h3,12H,11H2,1-2H3. The van der Waals surface area contributed by atoms with Crippen molar-refractivity contribution in [3.8, 4) is 5.75 Å². The molecule has 0 fully saturated rings. The molecule has 0 aromatic heterocycles. The van der Waals surface area contributed by atoms with Crippen LogP contribution in [0.25, 0.3) is 0 Å². The Morgan fingerprint density at radius 2 is 2.21 bits per heavy atom. The highest BCUT2D eigenvalue weighted by atomic mass is 79.9. The van der Waals surface area contributed by atoms with Crippen LogP contribution in [0.3, 0.4) is 0 Å². The molecule has 3 N–H and O–H groups in total. The third kappa shape index (κ3) is 1.68. The first-order valence-electron chi connectivity index (χ1n) is 3.85. The van der Waals surface area contributed by atoms with Gasteiger partial charge in [-0.25, -0.2) is 4.79 Å². The van der Waals surface area contributed by atoms with Crippen LogP contribution in [0.4, 0.5) is 5.69 Å². The maximum atomic E-state index is 11.2. The van der Waals surface area contributed by atoms with E-state index in [-0.39, 0.29) is 11.3 Å². The number of hydrogen-bond acceptors (Lipinski definition) is 4. The van der Waals surface area contributed by atoms with E-state index in [4.69, 9.17) is 5.73 Å². The minimum atomic E-state index is -0.591. The average Bonchev–Trinajstić information content (AvgIpc) is 2.19. The zero-order chi connectivity index (χ0) is 10.9. The minimum Gasteiger partial charge on any atom is -0.506 e. The number of esters is 1. The lowest BCUT2D eigenvalue weighted by atomic mass is 10.1. The Hall–Kier alpha value is -1.23. The van der Waals surface area contributed by atoms with Gasteiger partial charge in [0.05, 0.1) is 17.3 Å². The van der Waals surface area contributed by atoms with E-state index in [1.807, 2.05) is 0 Å². The number of rotatable bonds is 1. The maximum Gasteiger partial charge on any atom is 0.341 e. The zero-order valence-electron chi connectivity index (χ0n) is 7.80. The van der Waals surface area contributed by atoms with Crippen molar-refractivity contribution in [2.24, 2.45) is 0 Å². The van der Waals surface area contributed by atoms with Crippen LogP contribution in [0.15, 0.2) is 10.5 Å². The quantitative estimate of drug-likeness (QED) is 0.596. The number of ether oxygens (including phenoxy) is 1. The zero-order valence-corrected chi connectivity index (χ0v) is 9.38. The fourth-order valence-electron chi connectivity index (χ4n) is 1.05. The summed E-state index contributed by atoms with van der Waals surface area (Å²) in [6, 6.07) is 1.49. The van der Waals surface area contributed by atoms with Gasteiger partial charge in [0.1, 0.15) is 11.3 Å². The number of phenols is 1. The number of carbonyl (C=O) groups excluding carboxylic acids is 1. The summed E-state index contributed by atoms with van der Waals surface area (Å²) in [6.07, 6.45) is 0. The number of benzene rings is 1. The number of aryl methyl sites for hydroxylation is 1. The molecule has 5 heteroatoms. The molecule has 0 aliphatic rings. The van der Waals surface area contributed by atoms with Crippen LogP contribution in [0.5, 0.6) is 5.75 Å². The highest BCUT2D eigenvalue weighted by Crippen LogP contribution is 2.35. The van der Waals surface area contributed by atoms with Gasteiger partial charge < -0.3 is 15.6 Å². The lowest BCUT2D eigenvalue weighted by Crippen LogP contribution is -2.04. The van der Waals surface area contributed by atoms with Gasteiger partial charge in [-0.1, -0.05) is 0 Å². The number of anilines is 1. The molecule has 0 atom stereocenters. The molecule has 0 saturated heterocycles. The van der Waals surface area contributed by atoms with Crippen molar-refractivity contribution in [3.05, 3.63) is 21.7 Å². The predicted molar refractivity (Wildman–Crippen MR) is 56.3 cm³/mol. The molecule has 0 amide bonds. The Morgan fingerprint density at radius 3 is 2.71 bits per heavy atom. The van der Waals surface area contributed by atoms with Crippen molar-refractivity contribution in [1.82, 2.24) is 0 Å². The Kier molecular flexibility index (Phi) is 3.00. The Balaban J connectivity index is 3.40. The molecule has 0 spiro atoms. The number of aromatic hydroxyl groups is 1. The Labute approximate surface area is 89.8 Å². The first-order valence-corrected chi connectivity index (χ1v) is 4.64. The van der Waals surface area contributed by atoms with Gasteiger partial charge >= 0.3 is 5.97 Å². The first-order chi connectivity index (χ1) is 6.49. The third-order valence-electron chi connectivity index (χ3n) is 1.89. The topological polar surface area (TPSA) is 72.5 Å². The van der Waals surface area contributed by atoms with Gasteiger partial charge in [-0.05, 0) is 34.5 Å². The number of carbonyl (C=O) groups is 1. The molecule has 0 radical (unpaired) electrons. The van der Waals surface area contributed by atoms with E-state index in [1.165, 1.54) is 13.2 Å². The maximum absolute atomic E-state index is 11.2. The molecule has 0 unspecified atom stereocenters. The molecule has 1 aromatic carbocycles. The molecule has 1 rings (SSSR count). The van der Waals surface area contributed by atoms with E-state index in [0.29, 0.717) is 15.7 Å². The normalized spacial score (nSPS) is 9.93. The molecule has 4 nitrogen and oxygen atoms in total. The highest BCUT2D eigenvalue weighted by Gasteiger charge is 2.17. The molecule has 76 valence electrons. The second-order valence-corrected chi connectivity index (χ2v) is 3.60. The van der Waals surface area contributed by atoms with Crippen LogP contribution in [-0.4, -0.2) is 18.2 Å². The van der Waals surface area contributed by atoms with Gasteiger partial charge in [-0.15, -0.1) is 0 Å². The van der Waals surface area contributed by atoms with Crippen molar-refractivity contribution in [2.75, 3.05) is 12.8 Å². The number of hydrogen-bond donors (Lipinski definition) is 2. The van der Waals surface area contributed by atoms with E-state index in [0.717, 1.165) is 0 Å². The van der Waals surface area contributed by atoms with Crippen molar-refractivity contribution in [1.29, 1.82) is 0 Å². The smallest absolute Gasteiger partial charge is 0.341 e.